The SMILES string of the molecule is O=C(CCc1ccc(C(F)(F)F)cc1)Nc1cc(N2CCOCC2)n2nccc2n1. The van der Waals surface area contributed by atoms with Crippen molar-refractivity contribution < 1.29 is 22.7 Å². The monoisotopic (exact) mass is 419 g/mol. The summed E-state index contributed by atoms with van der Waals surface area (Å²) in [5, 5.41) is 7.07. The number of benzene rings is 1. The smallest absolute Gasteiger partial charge is 0.378 e. The number of hydrogen-bond donors (Lipinski definition) is 1. The molecule has 0 aliphatic carbocycles. The lowest BCUT2D eigenvalue weighted by Gasteiger charge is -2.29. The van der Waals surface area contributed by atoms with Crippen LogP contribution in [-0.4, -0.2) is 46.8 Å². The number of alkyl halides is 3. The van der Waals surface area contributed by atoms with E-state index in [0.717, 1.165) is 18.0 Å². The maximum absolute atomic E-state index is 12.6. The number of nitrogens with zero attached hydrogens (tertiary/aromatic N) is 4. The quantitative estimate of drug-likeness (QED) is 0.688. The third kappa shape index (κ3) is 4.54. The molecule has 0 saturated carbocycles. The number of amides is 1. The van der Waals surface area contributed by atoms with Crippen LogP contribution in [0, 0.1) is 0 Å². The predicted octanol–water partition coefficient (Wildman–Crippen LogP) is 3.16. The molecule has 7 nitrogen and oxygen atoms in total. The summed E-state index contributed by atoms with van der Waals surface area (Å²) in [6.07, 6.45) is -2.27. The summed E-state index contributed by atoms with van der Waals surface area (Å²) in [5.41, 5.74) is 0.563. The summed E-state index contributed by atoms with van der Waals surface area (Å²) < 4.78 is 45.0. The van der Waals surface area contributed by atoms with Crippen molar-refractivity contribution in [2.45, 2.75) is 19.0 Å². The number of fused-ring (bicyclic) bond motifs is 1. The maximum atomic E-state index is 12.6. The Bertz CT molecular complexity index is 1030. The first-order chi connectivity index (χ1) is 14.4. The van der Waals surface area contributed by atoms with E-state index in [1.165, 1.54) is 12.1 Å². The summed E-state index contributed by atoms with van der Waals surface area (Å²) in [5.74, 6) is 0.951. The lowest BCUT2D eigenvalue weighted by atomic mass is 10.1. The zero-order chi connectivity index (χ0) is 21.1. The van der Waals surface area contributed by atoms with Gasteiger partial charge in [-0.3, -0.25) is 4.79 Å². The van der Waals surface area contributed by atoms with E-state index >= 15 is 0 Å². The molecule has 1 aliphatic rings. The van der Waals surface area contributed by atoms with Crippen molar-refractivity contribution in [1.82, 2.24) is 14.6 Å². The molecule has 0 unspecified atom stereocenters. The lowest BCUT2D eigenvalue weighted by molar-refractivity contribution is -0.137. The number of carbonyl (C=O) groups excluding carboxylic acids is 1. The van der Waals surface area contributed by atoms with E-state index in [0.29, 0.717) is 49.8 Å². The minimum absolute atomic E-state index is 0.129. The Balaban J connectivity index is 1.43. The zero-order valence-electron chi connectivity index (χ0n) is 16.0. The van der Waals surface area contributed by atoms with Gasteiger partial charge in [0, 0.05) is 31.6 Å². The molecule has 1 saturated heterocycles. The van der Waals surface area contributed by atoms with Gasteiger partial charge in [0.05, 0.1) is 25.0 Å². The van der Waals surface area contributed by atoms with Crippen LogP contribution in [-0.2, 0) is 22.1 Å². The average Bonchev–Trinajstić information content (AvgIpc) is 3.20. The molecule has 1 N–H and O–H groups in total. The van der Waals surface area contributed by atoms with Gasteiger partial charge in [0.25, 0.3) is 0 Å². The van der Waals surface area contributed by atoms with Gasteiger partial charge in [-0.1, -0.05) is 12.1 Å². The van der Waals surface area contributed by atoms with Crippen LogP contribution in [0.1, 0.15) is 17.5 Å². The largest absolute Gasteiger partial charge is 0.416 e. The van der Waals surface area contributed by atoms with Crippen LogP contribution >= 0.6 is 0 Å². The highest BCUT2D eigenvalue weighted by molar-refractivity contribution is 5.90. The maximum Gasteiger partial charge on any atom is 0.416 e. The third-order valence-electron chi connectivity index (χ3n) is 4.87. The van der Waals surface area contributed by atoms with Crippen LogP contribution in [0.2, 0.25) is 0 Å². The Morgan fingerprint density at radius 2 is 1.87 bits per heavy atom. The first-order valence-corrected chi connectivity index (χ1v) is 9.53. The fraction of sp³-hybridized carbons (Fsp3) is 0.350. The van der Waals surface area contributed by atoms with Crippen molar-refractivity contribution in [3.8, 4) is 0 Å². The molecule has 4 rings (SSSR count). The van der Waals surface area contributed by atoms with E-state index in [1.54, 1.807) is 22.8 Å². The number of anilines is 2. The summed E-state index contributed by atoms with van der Waals surface area (Å²) in [6.45, 7) is 2.64. The molecule has 3 aromatic rings. The molecule has 1 amide bonds. The first kappa shape index (κ1) is 20.1. The number of aryl methyl sites for hydroxylation is 1. The van der Waals surface area contributed by atoms with Crippen LogP contribution < -0.4 is 10.2 Å². The molecular weight excluding hydrogens is 399 g/mol. The molecule has 0 spiro atoms. The Kier molecular flexibility index (Phi) is 5.58. The number of ether oxygens (including phenoxy) is 1. The molecule has 158 valence electrons. The molecule has 0 radical (unpaired) electrons. The zero-order valence-corrected chi connectivity index (χ0v) is 16.0. The van der Waals surface area contributed by atoms with Crippen LogP contribution in [0.4, 0.5) is 24.8 Å². The Morgan fingerprint density at radius 3 is 2.57 bits per heavy atom. The number of aromatic nitrogens is 3. The van der Waals surface area contributed by atoms with E-state index in [4.69, 9.17) is 4.74 Å². The minimum atomic E-state index is -4.37. The van der Waals surface area contributed by atoms with Gasteiger partial charge in [-0.2, -0.15) is 22.8 Å². The lowest BCUT2D eigenvalue weighted by Crippen LogP contribution is -2.37. The summed E-state index contributed by atoms with van der Waals surface area (Å²) in [4.78, 5) is 18.9. The third-order valence-corrected chi connectivity index (χ3v) is 4.87. The summed E-state index contributed by atoms with van der Waals surface area (Å²) in [6, 6.07) is 8.35. The van der Waals surface area contributed by atoms with Gasteiger partial charge in [-0.05, 0) is 24.1 Å². The van der Waals surface area contributed by atoms with E-state index in [2.05, 4.69) is 20.3 Å². The molecule has 2 aromatic heterocycles. The molecular formula is C20H20F3N5O2. The van der Waals surface area contributed by atoms with Crippen molar-refractivity contribution in [2.75, 3.05) is 36.5 Å². The topological polar surface area (TPSA) is 71.8 Å². The van der Waals surface area contributed by atoms with Gasteiger partial charge in [0.1, 0.15) is 11.6 Å². The van der Waals surface area contributed by atoms with Gasteiger partial charge in [0.2, 0.25) is 5.91 Å². The van der Waals surface area contributed by atoms with E-state index in [9.17, 15) is 18.0 Å². The van der Waals surface area contributed by atoms with Crippen molar-refractivity contribution in [3.05, 3.63) is 53.7 Å². The van der Waals surface area contributed by atoms with Crippen LogP contribution in [0.5, 0.6) is 0 Å². The van der Waals surface area contributed by atoms with E-state index in [-0.39, 0.29) is 12.3 Å². The van der Waals surface area contributed by atoms with Crippen LogP contribution in [0.15, 0.2) is 42.6 Å². The van der Waals surface area contributed by atoms with Gasteiger partial charge >= 0.3 is 6.18 Å². The second-order valence-electron chi connectivity index (χ2n) is 6.94. The van der Waals surface area contributed by atoms with Crippen LogP contribution in [0.3, 0.4) is 0 Å². The van der Waals surface area contributed by atoms with Crippen molar-refractivity contribution in [1.29, 1.82) is 0 Å². The van der Waals surface area contributed by atoms with Crippen molar-refractivity contribution >= 4 is 23.2 Å². The fourth-order valence-electron chi connectivity index (χ4n) is 3.30. The Morgan fingerprint density at radius 1 is 1.13 bits per heavy atom. The number of morpholine rings is 1. The van der Waals surface area contributed by atoms with E-state index < -0.39 is 11.7 Å². The second-order valence-corrected chi connectivity index (χ2v) is 6.94. The number of rotatable bonds is 5. The molecule has 3 heterocycles. The minimum Gasteiger partial charge on any atom is -0.378 e. The van der Waals surface area contributed by atoms with Gasteiger partial charge < -0.3 is 15.0 Å². The molecule has 30 heavy (non-hydrogen) atoms. The number of carbonyl (C=O) groups is 1. The number of halogens is 3. The first-order valence-electron chi connectivity index (χ1n) is 9.53. The molecule has 1 aliphatic heterocycles. The molecule has 1 aromatic carbocycles. The van der Waals surface area contributed by atoms with Crippen molar-refractivity contribution in [2.24, 2.45) is 0 Å². The molecule has 10 heteroatoms. The van der Waals surface area contributed by atoms with Crippen LogP contribution in [0.25, 0.3) is 5.65 Å². The number of nitrogens with one attached hydrogen (secondary N) is 1. The van der Waals surface area contributed by atoms with Gasteiger partial charge in [-0.25, -0.2) is 4.98 Å². The Hall–Kier alpha value is -3.14. The summed E-state index contributed by atoms with van der Waals surface area (Å²) >= 11 is 0. The highest BCUT2D eigenvalue weighted by atomic mass is 19.4. The van der Waals surface area contributed by atoms with E-state index in [1.807, 2.05) is 0 Å². The highest BCUT2D eigenvalue weighted by Crippen LogP contribution is 2.29. The van der Waals surface area contributed by atoms with Gasteiger partial charge in [-0.15, -0.1) is 0 Å². The molecule has 0 bridgehead atoms. The normalized spacial score (nSPS) is 14.8. The average molecular weight is 419 g/mol. The standard InChI is InChI=1S/C20H20F3N5O2/c21-20(22,23)15-4-1-14(2-5-15)3-6-18(29)26-16-13-19(27-9-11-30-12-10-27)28-17(25-16)7-8-24-28/h1-2,4-5,7-8,13H,3,6,9-12H2,(H,25,26,29). The molecule has 1 fully saturated rings. The predicted molar refractivity (Wildman–Crippen MR) is 104 cm³/mol. The fourth-order valence-corrected chi connectivity index (χ4v) is 3.30. The summed E-state index contributed by atoms with van der Waals surface area (Å²) in [7, 11) is 0. The second kappa shape index (κ2) is 8.31. The number of hydrogen-bond acceptors (Lipinski definition) is 5. The van der Waals surface area contributed by atoms with Crippen molar-refractivity contribution in [3.63, 3.8) is 0 Å². The van der Waals surface area contributed by atoms with Gasteiger partial charge in [0.15, 0.2) is 5.65 Å². The highest BCUT2D eigenvalue weighted by Gasteiger charge is 2.29. The Labute approximate surface area is 170 Å². The molecule has 0 atom stereocenters.